The third-order valence-electron chi connectivity index (χ3n) is 5.08. The van der Waals surface area contributed by atoms with Crippen LogP contribution in [0.15, 0.2) is 48.5 Å². The third kappa shape index (κ3) is 5.03. The zero-order valence-electron chi connectivity index (χ0n) is 18.5. The molecule has 0 fully saturated rings. The smallest absolute Gasteiger partial charge is 0.433 e. The second kappa shape index (κ2) is 9.61. The molecule has 0 unspecified atom stereocenters. The Labute approximate surface area is 205 Å². The van der Waals surface area contributed by atoms with Crippen LogP contribution >= 0.6 is 11.6 Å². The van der Waals surface area contributed by atoms with Gasteiger partial charge >= 0.3 is 12.8 Å². The fourth-order valence-electron chi connectivity index (χ4n) is 3.40. The van der Waals surface area contributed by atoms with Crippen molar-refractivity contribution >= 4 is 28.8 Å². The molecule has 0 aliphatic carbocycles. The summed E-state index contributed by atoms with van der Waals surface area (Å²) in [6, 6.07) is 10.8. The molecule has 4 rings (SSSR count). The summed E-state index contributed by atoms with van der Waals surface area (Å²) in [5.41, 5.74) is -1.28. The molecule has 2 heterocycles. The lowest BCUT2D eigenvalue weighted by Gasteiger charge is -2.11. The van der Waals surface area contributed by atoms with E-state index in [4.69, 9.17) is 16.3 Å². The molecule has 1 amide bonds. The van der Waals surface area contributed by atoms with Gasteiger partial charge in [-0.1, -0.05) is 23.7 Å². The highest BCUT2D eigenvalue weighted by atomic mass is 35.5. The van der Waals surface area contributed by atoms with Crippen molar-refractivity contribution in [2.24, 2.45) is 0 Å². The largest absolute Gasteiger partial charge is 0.497 e. The zero-order chi connectivity index (χ0) is 26.2. The van der Waals surface area contributed by atoms with E-state index in [0.717, 1.165) is 6.07 Å². The first-order chi connectivity index (χ1) is 17.0. The molecule has 0 spiro atoms. The minimum atomic E-state index is -4.85. The number of nitrogens with one attached hydrogen (secondary N) is 1. The van der Waals surface area contributed by atoms with Crippen molar-refractivity contribution in [1.29, 1.82) is 0 Å². The molecule has 0 aliphatic heterocycles. The molecule has 0 atom stereocenters. The molecule has 1 N–H and O–H groups in total. The lowest BCUT2D eigenvalue weighted by molar-refractivity contribution is -0.142. The minimum absolute atomic E-state index is 0.0621. The van der Waals surface area contributed by atoms with Crippen LogP contribution in [0.1, 0.15) is 21.7 Å². The Morgan fingerprint density at radius 2 is 1.86 bits per heavy atom. The van der Waals surface area contributed by atoms with Crippen molar-refractivity contribution < 1.29 is 36.2 Å². The maximum Gasteiger partial charge on any atom is 0.433 e. The Hall–Kier alpha value is -3.93. The van der Waals surface area contributed by atoms with Crippen LogP contribution in [-0.4, -0.2) is 34.2 Å². The van der Waals surface area contributed by atoms with Gasteiger partial charge in [0.05, 0.1) is 12.8 Å². The van der Waals surface area contributed by atoms with Crippen molar-refractivity contribution in [2.75, 3.05) is 12.4 Å². The third-order valence-corrected chi connectivity index (χ3v) is 5.42. The van der Waals surface area contributed by atoms with Gasteiger partial charge in [0, 0.05) is 11.3 Å². The molecular formula is C23H16ClF5N4O3. The highest BCUT2D eigenvalue weighted by molar-refractivity contribution is 6.37. The molecule has 188 valence electrons. The summed E-state index contributed by atoms with van der Waals surface area (Å²) in [6.45, 7) is -1.51. The summed E-state index contributed by atoms with van der Waals surface area (Å²) in [7, 11) is 1.41. The number of benzene rings is 2. The number of carbonyl (C=O) groups excluding carboxylic acids is 1. The highest BCUT2D eigenvalue weighted by Gasteiger charge is 2.37. The Morgan fingerprint density at radius 3 is 2.50 bits per heavy atom. The standard InChI is InChI=1S/C23H16ClF5N4O3/c1-11-8-14(36-22(25)26)6-7-15(11)31-21(34)19-18(24)20-30-16(12-4-3-5-13(9-12)35-2)10-17(23(27,28)29)33(20)32-19/h3-10,22H,1-2H3,(H,31,34). The average molecular weight is 527 g/mol. The van der Waals surface area contributed by atoms with E-state index in [1.54, 1.807) is 18.2 Å². The van der Waals surface area contributed by atoms with E-state index in [0.29, 0.717) is 21.4 Å². The van der Waals surface area contributed by atoms with E-state index in [9.17, 15) is 26.7 Å². The molecule has 36 heavy (non-hydrogen) atoms. The van der Waals surface area contributed by atoms with E-state index in [2.05, 4.69) is 20.1 Å². The van der Waals surface area contributed by atoms with Crippen molar-refractivity contribution in [3.05, 3.63) is 70.5 Å². The molecule has 2 aromatic carbocycles. The van der Waals surface area contributed by atoms with E-state index in [-0.39, 0.29) is 22.8 Å². The number of hydrogen-bond acceptors (Lipinski definition) is 5. The number of hydrogen-bond donors (Lipinski definition) is 1. The van der Waals surface area contributed by atoms with Crippen LogP contribution in [0.2, 0.25) is 5.02 Å². The van der Waals surface area contributed by atoms with E-state index < -0.39 is 35.1 Å². The Morgan fingerprint density at radius 1 is 1.11 bits per heavy atom. The number of methoxy groups -OCH3 is 1. The van der Waals surface area contributed by atoms with Crippen LogP contribution < -0.4 is 14.8 Å². The number of halogens is 6. The summed E-state index contributed by atoms with van der Waals surface area (Å²) in [4.78, 5) is 17.1. The Kier molecular flexibility index (Phi) is 6.72. The van der Waals surface area contributed by atoms with Crippen LogP contribution in [-0.2, 0) is 6.18 Å². The number of anilines is 1. The number of amides is 1. The first kappa shape index (κ1) is 25.2. The van der Waals surface area contributed by atoms with Crippen LogP contribution in [0.4, 0.5) is 27.6 Å². The van der Waals surface area contributed by atoms with Crippen molar-refractivity contribution in [2.45, 2.75) is 19.7 Å². The molecule has 0 bridgehead atoms. The van der Waals surface area contributed by atoms with Gasteiger partial charge in [-0.25, -0.2) is 9.50 Å². The molecule has 0 saturated heterocycles. The van der Waals surface area contributed by atoms with Gasteiger partial charge in [-0.15, -0.1) is 0 Å². The Balaban J connectivity index is 1.76. The summed E-state index contributed by atoms with van der Waals surface area (Å²) in [5.74, 6) is -0.648. The number of fused-ring (bicyclic) bond motifs is 1. The van der Waals surface area contributed by atoms with Gasteiger partial charge in [0.2, 0.25) is 0 Å². The maximum atomic E-state index is 13.9. The van der Waals surface area contributed by atoms with Gasteiger partial charge in [-0.2, -0.15) is 27.1 Å². The maximum absolute atomic E-state index is 13.9. The number of nitrogens with zero attached hydrogens (tertiary/aromatic N) is 3. The van der Waals surface area contributed by atoms with Gasteiger partial charge in [0.1, 0.15) is 16.5 Å². The number of rotatable bonds is 6. The van der Waals surface area contributed by atoms with E-state index in [1.165, 1.54) is 38.3 Å². The fourth-order valence-corrected chi connectivity index (χ4v) is 3.65. The number of ether oxygens (including phenoxy) is 2. The number of alkyl halides is 5. The second-order valence-corrected chi connectivity index (χ2v) is 7.84. The first-order valence-electron chi connectivity index (χ1n) is 10.2. The predicted molar refractivity (Wildman–Crippen MR) is 121 cm³/mol. The first-order valence-corrected chi connectivity index (χ1v) is 10.5. The van der Waals surface area contributed by atoms with Crippen LogP contribution in [0, 0.1) is 6.92 Å². The van der Waals surface area contributed by atoms with E-state index in [1.807, 2.05) is 0 Å². The van der Waals surface area contributed by atoms with Crippen LogP contribution in [0.5, 0.6) is 11.5 Å². The number of aryl methyl sites for hydroxylation is 1. The summed E-state index contributed by atoms with van der Waals surface area (Å²) in [6.07, 6.45) is -4.85. The molecule has 7 nitrogen and oxygen atoms in total. The van der Waals surface area contributed by atoms with Crippen molar-refractivity contribution in [1.82, 2.24) is 14.6 Å². The summed E-state index contributed by atoms with van der Waals surface area (Å²) < 4.78 is 76.4. The predicted octanol–water partition coefficient (Wildman–Crippen LogP) is 6.24. The lowest BCUT2D eigenvalue weighted by Crippen LogP contribution is -2.16. The van der Waals surface area contributed by atoms with Crippen molar-refractivity contribution in [3.63, 3.8) is 0 Å². The van der Waals surface area contributed by atoms with Crippen LogP contribution in [0.25, 0.3) is 16.9 Å². The topological polar surface area (TPSA) is 77.8 Å². The van der Waals surface area contributed by atoms with Gasteiger partial charge in [-0.3, -0.25) is 4.79 Å². The van der Waals surface area contributed by atoms with Crippen LogP contribution in [0.3, 0.4) is 0 Å². The molecule has 13 heteroatoms. The van der Waals surface area contributed by atoms with Gasteiger partial charge in [0.25, 0.3) is 5.91 Å². The van der Waals surface area contributed by atoms with E-state index >= 15 is 0 Å². The minimum Gasteiger partial charge on any atom is -0.497 e. The zero-order valence-corrected chi connectivity index (χ0v) is 19.3. The normalized spacial score (nSPS) is 11.7. The number of aromatic nitrogens is 3. The SMILES string of the molecule is COc1cccc(-c2cc(C(F)(F)F)n3nc(C(=O)Nc4ccc(OC(F)F)cc4C)c(Cl)c3n2)c1. The quantitative estimate of drug-likeness (QED) is 0.301. The molecular weight excluding hydrogens is 511 g/mol. The van der Waals surface area contributed by atoms with Gasteiger partial charge in [-0.05, 0) is 48.9 Å². The van der Waals surface area contributed by atoms with Gasteiger partial charge < -0.3 is 14.8 Å². The molecule has 0 radical (unpaired) electrons. The molecule has 4 aromatic rings. The molecule has 0 aliphatic rings. The molecule has 2 aromatic heterocycles. The second-order valence-electron chi connectivity index (χ2n) is 7.46. The molecule has 0 saturated carbocycles. The van der Waals surface area contributed by atoms with Gasteiger partial charge in [0.15, 0.2) is 17.0 Å². The summed E-state index contributed by atoms with van der Waals surface area (Å²) in [5, 5.41) is 5.83. The monoisotopic (exact) mass is 526 g/mol. The Bertz CT molecular complexity index is 1460. The lowest BCUT2D eigenvalue weighted by atomic mass is 10.1. The fraction of sp³-hybridized carbons (Fsp3) is 0.174. The highest BCUT2D eigenvalue weighted by Crippen LogP contribution is 2.35. The van der Waals surface area contributed by atoms with Crippen molar-refractivity contribution in [3.8, 4) is 22.8 Å². The summed E-state index contributed by atoms with van der Waals surface area (Å²) >= 11 is 6.28. The average Bonchev–Trinajstić information content (AvgIpc) is 3.15. The number of carbonyl (C=O) groups is 1.